The third-order valence-corrected chi connectivity index (χ3v) is 4.30. The van der Waals surface area contributed by atoms with Gasteiger partial charge in [-0.15, -0.1) is 0 Å². The van der Waals surface area contributed by atoms with Crippen molar-refractivity contribution in [1.82, 2.24) is 0 Å². The highest BCUT2D eigenvalue weighted by molar-refractivity contribution is 5.93. The van der Waals surface area contributed by atoms with Crippen LogP contribution in [-0.2, 0) is 0 Å². The van der Waals surface area contributed by atoms with E-state index in [1.165, 1.54) is 0 Å². The molecule has 118 valence electrons. The summed E-state index contributed by atoms with van der Waals surface area (Å²) in [6, 6.07) is 19.1. The monoisotopic (exact) mass is 316 g/mol. The molecule has 4 rings (SSSR count). The maximum Gasteiger partial charge on any atom is 0.200 e. The number of aryl methyl sites for hydroxylation is 1. The number of para-hydroxylation sites is 1. The van der Waals surface area contributed by atoms with E-state index in [4.69, 9.17) is 9.15 Å². The van der Waals surface area contributed by atoms with Crippen molar-refractivity contribution in [2.75, 3.05) is 7.11 Å². The highest BCUT2D eigenvalue weighted by atomic mass is 16.5. The third-order valence-electron chi connectivity index (χ3n) is 4.30. The van der Waals surface area contributed by atoms with Gasteiger partial charge in [0, 0.05) is 0 Å². The summed E-state index contributed by atoms with van der Waals surface area (Å²) in [5, 5.41) is 1.26. The molecule has 0 unspecified atom stereocenters. The zero-order valence-electron chi connectivity index (χ0n) is 13.5. The number of hydrogen-bond donors (Lipinski definition) is 0. The molecule has 0 aliphatic rings. The number of benzene rings is 3. The summed E-state index contributed by atoms with van der Waals surface area (Å²) in [5.41, 5.74) is 4.23. The van der Waals surface area contributed by atoms with Gasteiger partial charge < -0.3 is 9.15 Å². The van der Waals surface area contributed by atoms with Crippen LogP contribution in [-0.4, -0.2) is 7.11 Å². The average molecular weight is 316 g/mol. The minimum atomic E-state index is 0.0191. The summed E-state index contributed by atoms with van der Waals surface area (Å²) in [5.74, 6) is 0.814. The van der Waals surface area contributed by atoms with E-state index in [1.807, 2.05) is 61.5 Å². The van der Waals surface area contributed by atoms with Gasteiger partial charge in [-0.2, -0.15) is 0 Å². The topological polar surface area (TPSA) is 39.4 Å². The molecule has 0 amide bonds. The van der Waals surface area contributed by atoms with Crippen LogP contribution < -0.4 is 10.2 Å². The number of hydrogen-bond acceptors (Lipinski definition) is 3. The first kappa shape index (κ1) is 14.5. The van der Waals surface area contributed by atoms with Crippen LogP contribution in [0.4, 0.5) is 0 Å². The Labute approximate surface area is 139 Å². The van der Waals surface area contributed by atoms with E-state index in [2.05, 4.69) is 0 Å². The molecule has 3 heteroatoms. The van der Waals surface area contributed by atoms with Gasteiger partial charge in [-0.3, -0.25) is 4.79 Å². The van der Waals surface area contributed by atoms with Crippen molar-refractivity contribution >= 4 is 21.9 Å². The predicted octanol–water partition coefficient (Wildman–Crippen LogP) is 4.93. The van der Waals surface area contributed by atoms with Crippen LogP contribution >= 0.6 is 0 Å². The van der Waals surface area contributed by atoms with Crippen LogP contribution in [0, 0.1) is 6.92 Å². The molecule has 4 aromatic rings. The minimum absolute atomic E-state index is 0.0191. The van der Waals surface area contributed by atoms with Gasteiger partial charge >= 0.3 is 0 Å². The smallest absolute Gasteiger partial charge is 0.200 e. The largest absolute Gasteiger partial charge is 0.497 e. The number of fused-ring (bicyclic) bond motifs is 2. The standard InChI is InChI=1S/C21H16O3/c1-13-11-15(14-7-9-16(23-2)10-8-14)12-19-20(13)21(22)17-5-3-4-6-18(17)24-19/h3-12H,1-2H3. The van der Waals surface area contributed by atoms with Gasteiger partial charge in [-0.1, -0.05) is 30.3 Å². The van der Waals surface area contributed by atoms with Gasteiger partial charge in [0.05, 0.1) is 17.9 Å². The summed E-state index contributed by atoms with van der Waals surface area (Å²) in [6.45, 7) is 1.95. The summed E-state index contributed by atoms with van der Waals surface area (Å²) in [7, 11) is 1.65. The van der Waals surface area contributed by atoms with Crippen molar-refractivity contribution < 1.29 is 9.15 Å². The first-order valence-electron chi connectivity index (χ1n) is 7.78. The molecule has 1 heterocycles. The SMILES string of the molecule is COc1ccc(-c2cc(C)c3c(=O)c4ccccc4oc3c2)cc1. The van der Waals surface area contributed by atoms with E-state index >= 15 is 0 Å². The number of rotatable bonds is 2. The lowest BCUT2D eigenvalue weighted by Gasteiger charge is -2.08. The second-order valence-electron chi connectivity index (χ2n) is 5.82. The van der Waals surface area contributed by atoms with Gasteiger partial charge in [-0.05, 0) is 53.9 Å². The molecule has 3 aromatic carbocycles. The minimum Gasteiger partial charge on any atom is -0.497 e. The van der Waals surface area contributed by atoms with Gasteiger partial charge in [0.15, 0.2) is 0 Å². The van der Waals surface area contributed by atoms with E-state index in [0.717, 1.165) is 22.4 Å². The lowest BCUT2D eigenvalue weighted by atomic mass is 9.99. The zero-order chi connectivity index (χ0) is 16.7. The van der Waals surface area contributed by atoms with Crippen LogP contribution in [0.3, 0.4) is 0 Å². The zero-order valence-corrected chi connectivity index (χ0v) is 13.5. The van der Waals surface area contributed by atoms with E-state index in [-0.39, 0.29) is 5.43 Å². The predicted molar refractivity (Wildman–Crippen MR) is 96.7 cm³/mol. The van der Waals surface area contributed by atoms with Crippen molar-refractivity contribution in [3.05, 3.63) is 76.5 Å². The highest BCUT2D eigenvalue weighted by Gasteiger charge is 2.11. The molecule has 24 heavy (non-hydrogen) atoms. The van der Waals surface area contributed by atoms with Gasteiger partial charge in [0.25, 0.3) is 0 Å². The molecule has 0 saturated heterocycles. The molecule has 1 aromatic heterocycles. The van der Waals surface area contributed by atoms with Crippen LogP contribution in [0.1, 0.15) is 5.56 Å². The fourth-order valence-electron chi connectivity index (χ4n) is 3.07. The molecular formula is C21H16O3. The van der Waals surface area contributed by atoms with Crippen LogP contribution in [0.2, 0.25) is 0 Å². The lowest BCUT2D eigenvalue weighted by molar-refractivity contribution is 0.415. The Morgan fingerprint density at radius 1 is 0.875 bits per heavy atom. The quantitative estimate of drug-likeness (QED) is 0.492. The second-order valence-corrected chi connectivity index (χ2v) is 5.82. The first-order valence-corrected chi connectivity index (χ1v) is 7.78. The van der Waals surface area contributed by atoms with Gasteiger partial charge in [0.2, 0.25) is 5.43 Å². The Morgan fingerprint density at radius 3 is 2.38 bits per heavy atom. The molecule has 3 nitrogen and oxygen atoms in total. The Bertz CT molecular complexity index is 1110. The van der Waals surface area contributed by atoms with Crippen molar-refractivity contribution in [2.45, 2.75) is 6.92 Å². The molecular weight excluding hydrogens is 300 g/mol. The van der Waals surface area contributed by atoms with E-state index in [0.29, 0.717) is 21.9 Å². The van der Waals surface area contributed by atoms with Crippen molar-refractivity contribution in [3.8, 4) is 16.9 Å². The first-order chi connectivity index (χ1) is 11.7. The molecule has 0 radical (unpaired) electrons. The molecule has 0 spiro atoms. The summed E-state index contributed by atoms with van der Waals surface area (Å²) in [4.78, 5) is 12.8. The Hall–Kier alpha value is -3.07. The molecule has 0 fully saturated rings. The molecule has 0 atom stereocenters. The fourth-order valence-corrected chi connectivity index (χ4v) is 3.07. The number of ether oxygens (including phenoxy) is 1. The average Bonchev–Trinajstić information content (AvgIpc) is 2.61. The highest BCUT2D eigenvalue weighted by Crippen LogP contribution is 2.29. The normalized spacial score (nSPS) is 11.1. The lowest BCUT2D eigenvalue weighted by Crippen LogP contribution is -2.04. The molecule has 0 saturated carbocycles. The Kier molecular flexibility index (Phi) is 3.35. The molecule has 0 bridgehead atoms. The summed E-state index contributed by atoms with van der Waals surface area (Å²) >= 11 is 0. The Balaban J connectivity index is 1.99. The molecule has 0 aliphatic heterocycles. The van der Waals surface area contributed by atoms with Crippen molar-refractivity contribution in [1.29, 1.82) is 0 Å². The van der Waals surface area contributed by atoms with E-state index in [9.17, 15) is 4.79 Å². The Morgan fingerprint density at radius 2 is 1.62 bits per heavy atom. The maximum atomic E-state index is 12.8. The van der Waals surface area contributed by atoms with E-state index in [1.54, 1.807) is 13.2 Å². The fraction of sp³-hybridized carbons (Fsp3) is 0.0952. The molecule has 0 N–H and O–H groups in total. The van der Waals surface area contributed by atoms with Crippen LogP contribution in [0.15, 0.2) is 69.9 Å². The van der Waals surface area contributed by atoms with Gasteiger partial charge in [0.1, 0.15) is 16.9 Å². The van der Waals surface area contributed by atoms with E-state index < -0.39 is 0 Å². The summed E-state index contributed by atoms with van der Waals surface area (Å²) < 4.78 is 11.2. The third kappa shape index (κ3) is 2.26. The van der Waals surface area contributed by atoms with Gasteiger partial charge in [-0.25, -0.2) is 0 Å². The van der Waals surface area contributed by atoms with Crippen LogP contribution in [0.25, 0.3) is 33.1 Å². The van der Waals surface area contributed by atoms with Crippen molar-refractivity contribution in [3.63, 3.8) is 0 Å². The van der Waals surface area contributed by atoms with Crippen LogP contribution in [0.5, 0.6) is 5.75 Å². The summed E-state index contributed by atoms with van der Waals surface area (Å²) in [6.07, 6.45) is 0. The number of methoxy groups -OCH3 is 1. The second kappa shape index (κ2) is 5.53. The maximum absolute atomic E-state index is 12.8. The van der Waals surface area contributed by atoms with Crippen molar-refractivity contribution in [2.24, 2.45) is 0 Å². The molecule has 0 aliphatic carbocycles.